The third kappa shape index (κ3) is 11.6. The van der Waals surface area contributed by atoms with Gasteiger partial charge in [-0.1, -0.05) is 91.0 Å². The molecule has 0 heterocycles. The van der Waals surface area contributed by atoms with Crippen LogP contribution in [0.1, 0.15) is 36.0 Å². The van der Waals surface area contributed by atoms with Crippen LogP contribution in [0.3, 0.4) is 0 Å². The molecule has 0 saturated heterocycles. The summed E-state index contributed by atoms with van der Waals surface area (Å²) in [6, 6.07) is 26.2. The zero-order chi connectivity index (χ0) is 28.7. The van der Waals surface area contributed by atoms with Gasteiger partial charge in [-0.25, -0.2) is 0 Å². The number of hydrogen-bond acceptors (Lipinski definition) is 9. The molecule has 0 radical (unpaired) electrons. The van der Waals surface area contributed by atoms with Crippen molar-refractivity contribution in [2.45, 2.75) is 38.5 Å². The van der Waals surface area contributed by atoms with Gasteiger partial charge in [0.2, 0.25) is 0 Å². The van der Waals surface area contributed by atoms with Crippen molar-refractivity contribution in [2.24, 2.45) is 0 Å². The van der Waals surface area contributed by atoms with Crippen LogP contribution >= 0.6 is 0 Å². The molecule has 0 amide bonds. The molecule has 0 unspecified atom stereocenters. The summed E-state index contributed by atoms with van der Waals surface area (Å²) in [5.74, 6) is -4.54. The van der Waals surface area contributed by atoms with E-state index in [1.54, 1.807) is 91.0 Å². The lowest BCUT2D eigenvalue weighted by atomic mass is 10.1. The Labute approximate surface area is 236 Å². The molecule has 3 aromatic rings. The van der Waals surface area contributed by atoms with Gasteiger partial charge in [-0.2, -0.15) is 0 Å². The van der Waals surface area contributed by atoms with E-state index in [0.717, 1.165) is 0 Å². The minimum atomic E-state index is -3.84. The Bertz CT molecular complexity index is 1160. The molecule has 3 aromatic carbocycles. The Balaban J connectivity index is 1.57. The van der Waals surface area contributed by atoms with Crippen molar-refractivity contribution in [3.8, 4) is 0 Å². The minimum Gasteiger partial charge on any atom is -0.550 e. The van der Waals surface area contributed by atoms with Crippen molar-refractivity contribution in [1.82, 2.24) is 0 Å². The SMILES string of the molecule is O=C(CC(=O)[O][Al]([O]C(=O)CC(=O)Cc1ccccc1)[O]C(=O)CC(=O)Cc1ccccc1)Cc1ccccc1. The molecule has 0 atom stereocenters. The first-order valence-corrected chi connectivity index (χ1v) is 13.9. The van der Waals surface area contributed by atoms with Crippen molar-refractivity contribution >= 4 is 50.4 Å². The summed E-state index contributed by atoms with van der Waals surface area (Å²) < 4.78 is 15.2. The maximum atomic E-state index is 12.4. The van der Waals surface area contributed by atoms with E-state index < -0.39 is 69.7 Å². The summed E-state index contributed by atoms with van der Waals surface area (Å²) in [7, 11) is 0. The van der Waals surface area contributed by atoms with Crippen molar-refractivity contribution in [3.63, 3.8) is 0 Å². The Morgan fingerprint density at radius 3 is 0.925 bits per heavy atom. The Hall–Kier alpha value is -4.39. The van der Waals surface area contributed by atoms with Gasteiger partial charge in [-0.3, -0.25) is 28.8 Å². The number of Topliss-reactive ketones (excluding diaryl/α,β-unsaturated/α-hetero) is 3. The molecule has 0 spiro atoms. The van der Waals surface area contributed by atoms with Crippen molar-refractivity contribution in [1.29, 1.82) is 0 Å². The van der Waals surface area contributed by atoms with Crippen LogP contribution < -0.4 is 0 Å². The van der Waals surface area contributed by atoms with E-state index in [1.807, 2.05) is 0 Å². The van der Waals surface area contributed by atoms with Gasteiger partial charge in [-0.15, -0.1) is 0 Å². The van der Waals surface area contributed by atoms with Crippen molar-refractivity contribution in [3.05, 3.63) is 108 Å². The van der Waals surface area contributed by atoms with Crippen molar-refractivity contribution < 1.29 is 40.1 Å². The monoisotopic (exact) mass is 558 g/mol. The van der Waals surface area contributed by atoms with Gasteiger partial charge in [0.25, 0.3) is 17.9 Å². The highest BCUT2D eigenvalue weighted by atomic mass is 27.3. The van der Waals surface area contributed by atoms with E-state index in [0.29, 0.717) is 16.7 Å². The predicted octanol–water partition coefficient (Wildman–Crippen LogP) is 3.21. The summed E-state index contributed by atoms with van der Waals surface area (Å²) in [6.07, 6.45) is -2.01. The fourth-order valence-corrected chi connectivity index (χ4v) is 4.70. The van der Waals surface area contributed by atoms with E-state index in [-0.39, 0.29) is 19.3 Å². The van der Waals surface area contributed by atoms with Gasteiger partial charge in [0.05, 0.1) is 0 Å². The summed E-state index contributed by atoms with van der Waals surface area (Å²) in [4.78, 5) is 74.1. The molecule has 0 aliphatic carbocycles. The summed E-state index contributed by atoms with van der Waals surface area (Å²) in [5.41, 5.74) is 2.09. The molecule has 40 heavy (non-hydrogen) atoms. The second kappa shape index (κ2) is 15.9. The molecular formula is C30H27AlO9. The molecule has 3 rings (SSSR count). The lowest BCUT2D eigenvalue weighted by Crippen LogP contribution is -2.36. The summed E-state index contributed by atoms with van der Waals surface area (Å²) >= 11 is -3.84. The average molecular weight is 559 g/mol. The zero-order valence-corrected chi connectivity index (χ0v) is 22.8. The first-order valence-electron chi connectivity index (χ1n) is 12.5. The molecule has 9 nitrogen and oxygen atoms in total. The molecule has 0 bridgehead atoms. The van der Waals surface area contributed by atoms with Gasteiger partial charge in [0, 0.05) is 19.3 Å². The lowest BCUT2D eigenvalue weighted by molar-refractivity contribution is -0.148. The van der Waals surface area contributed by atoms with Crippen LogP contribution in [0.5, 0.6) is 0 Å². The molecular weight excluding hydrogens is 531 g/mol. The predicted molar refractivity (Wildman–Crippen MR) is 143 cm³/mol. The van der Waals surface area contributed by atoms with Crippen LogP contribution in [-0.2, 0) is 59.4 Å². The quantitative estimate of drug-likeness (QED) is 0.204. The van der Waals surface area contributed by atoms with Crippen LogP contribution in [0.2, 0.25) is 0 Å². The topological polar surface area (TPSA) is 130 Å². The molecule has 0 aromatic heterocycles. The third-order valence-electron chi connectivity index (χ3n) is 5.44. The average Bonchev–Trinajstić information content (AvgIpc) is 2.89. The molecule has 0 fully saturated rings. The van der Waals surface area contributed by atoms with E-state index in [2.05, 4.69) is 0 Å². The van der Waals surface area contributed by atoms with Crippen LogP contribution in [0.25, 0.3) is 0 Å². The maximum Gasteiger partial charge on any atom is 1.20 e. The highest BCUT2D eigenvalue weighted by Gasteiger charge is 2.49. The normalized spacial score (nSPS) is 10.2. The smallest absolute Gasteiger partial charge is 0.550 e. The number of carbonyl (C=O) groups excluding carboxylic acids is 6. The number of ketones is 3. The Morgan fingerprint density at radius 2 is 0.675 bits per heavy atom. The molecule has 0 aliphatic heterocycles. The van der Waals surface area contributed by atoms with Crippen molar-refractivity contribution in [2.75, 3.05) is 0 Å². The van der Waals surface area contributed by atoms with Gasteiger partial charge >= 0.3 is 15.1 Å². The standard InChI is InChI=1S/3C10H10O3.Al/c3*11-9(7-10(12)13)6-8-4-2-1-3-5-8;/h3*1-5H,6-7H2,(H,12,13);/q;;;+3/p-3. The molecule has 0 aliphatic rings. The summed E-state index contributed by atoms with van der Waals surface area (Å²) in [6.45, 7) is 0. The third-order valence-corrected chi connectivity index (χ3v) is 6.81. The fraction of sp³-hybridized carbons (Fsp3) is 0.200. The number of benzene rings is 3. The number of hydrogen-bond donors (Lipinski definition) is 0. The van der Waals surface area contributed by atoms with E-state index in [4.69, 9.17) is 11.4 Å². The minimum absolute atomic E-state index is 0.0241. The van der Waals surface area contributed by atoms with Gasteiger partial charge < -0.3 is 11.4 Å². The van der Waals surface area contributed by atoms with Crippen LogP contribution in [0.4, 0.5) is 0 Å². The number of rotatable bonds is 15. The van der Waals surface area contributed by atoms with Crippen LogP contribution in [-0.4, -0.2) is 50.4 Å². The summed E-state index contributed by atoms with van der Waals surface area (Å²) in [5, 5.41) is 0. The molecule has 10 heteroatoms. The Kier molecular flexibility index (Phi) is 12.0. The molecule has 204 valence electrons. The Morgan fingerprint density at radius 1 is 0.425 bits per heavy atom. The first-order chi connectivity index (χ1) is 19.3. The van der Waals surface area contributed by atoms with Crippen LogP contribution in [0, 0.1) is 0 Å². The zero-order valence-electron chi connectivity index (χ0n) is 21.7. The van der Waals surface area contributed by atoms with E-state index >= 15 is 0 Å². The van der Waals surface area contributed by atoms with Gasteiger partial charge in [-0.05, 0) is 16.7 Å². The highest BCUT2D eigenvalue weighted by Crippen LogP contribution is 2.08. The highest BCUT2D eigenvalue weighted by molar-refractivity contribution is 6.44. The van der Waals surface area contributed by atoms with Crippen LogP contribution in [0.15, 0.2) is 91.0 Å². The van der Waals surface area contributed by atoms with E-state index in [1.165, 1.54) is 0 Å². The van der Waals surface area contributed by atoms with Gasteiger partial charge in [0.15, 0.2) is 0 Å². The first kappa shape index (κ1) is 30.2. The largest absolute Gasteiger partial charge is 1.20 e. The van der Waals surface area contributed by atoms with E-state index in [9.17, 15) is 28.8 Å². The second-order valence-electron chi connectivity index (χ2n) is 8.89. The maximum absolute atomic E-state index is 12.4. The number of carbonyl (C=O) groups is 6. The molecule has 0 saturated carbocycles. The molecule has 0 N–H and O–H groups in total. The van der Waals surface area contributed by atoms with Gasteiger partial charge in [0.1, 0.15) is 36.6 Å². The lowest BCUT2D eigenvalue weighted by Gasteiger charge is -2.13. The fourth-order valence-electron chi connectivity index (χ4n) is 3.66. The second-order valence-corrected chi connectivity index (χ2v) is 10.2.